The van der Waals surface area contributed by atoms with E-state index in [1.807, 2.05) is 50.2 Å². The molecule has 0 saturated heterocycles. The van der Waals surface area contributed by atoms with Crippen LogP contribution in [0.4, 0.5) is 0 Å². The highest BCUT2D eigenvalue weighted by Crippen LogP contribution is 2.35. The van der Waals surface area contributed by atoms with Gasteiger partial charge in [0.2, 0.25) is 0 Å². The van der Waals surface area contributed by atoms with Crippen LogP contribution in [0.15, 0.2) is 40.9 Å². The van der Waals surface area contributed by atoms with Crippen LogP contribution in [0.25, 0.3) is 0 Å². The molecule has 1 N–H and O–H groups in total. The highest BCUT2D eigenvalue weighted by molar-refractivity contribution is 9.10. The standard InChI is InChI=1S/C20H22BrNO4/c1-3-24-18-9-14-8-13(2)26-19(14)10-15(18)11-22-20(23)12-25-17-7-5-4-6-16(17)21/h4-7,9-10,13H,3,8,11-12H2,1-2H3,(H,22,23)/t13-/m1/s1. The van der Waals surface area contributed by atoms with Crippen molar-refractivity contribution in [3.8, 4) is 17.2 Å². The molecule has 1 heterocycles. The fraction of sp³-hybridized carbons (Fsp3) is 0.350. The predicted molar refractivity (Wildman–Crippen MR) is 103 cm³/mol. The fourth-order valence-corrected chi connectivity index (χ4v) is 3.26. The maximum atomic E-state index is 12.1. The lowest BCUT2D eigenvalue weighted by Crippen LogP contribution is -2.28. The van der Waals surface area contributed by atoms with Crippen LogP contribution >= 0.6 is 15.9 Å². The molecular formula is C20H22BrNO4. The average molecular weight is 420 g/mol. The van der Waals surface area contributed by atoms with Gasteiger partial charge in [-0.3, -0.25) is 4.79 Å². The zero-order valence-electron chi connectivity index (χ0n) is 14.9. The van der Waals surface area contributed by atoms with Crippen molar-refractivity contribution in [1.82, 2.24) is 5.32 Å². The lowest BCUT2D eigenvalue weighted by atomic mass is 10.1. The second-order valence-corrected chi connectivity index (χ2v) is 6.98. The number of hydrogen-bond acceptors (Lipinski definition) is 4. The minimum Gasteiger partial charge on any atom is -0.494 e. The van der Waals surface area contributed by atoms with E-state index in [0.717, 1.165) is 33.5 Å². The van der Waals surface area contributed by atoms with Gasteiger partial charge in [-0.2, -0.15) is 0 Å². The fourth-order valence-electron chi connectivity index (χ4n) is 2.86. The van der Waals surface area contributed by atoms with Gasteiger partial charge < -0.3 is 19.5 Å². The van der Waals surface area contributed by atoms with Crippen LogP contribution in [0.3, 0.4) is 0 Å². The molecule has 0 aromatic heterocycles. The number of para-hydroxylation sites is 1. The smallest absolute Gasteiger partial charge is 0.258 e. The van der Waals surface area contributed by atoms with E-state index in [9.17, 15) is 4.79 Å². The number of hydrogen-bond donors (Lipinski definition) is 1. The van der Waals surface area contributed by atoms with Crippen molar-refractivity contribution >= 4 is 21.8 Å². The number of nitrogens with one attached hydrogen (secondary N) is 1. The number of carbonyl (C=O) groups excluding carboxylic acids is 1. The Kier molecular flexibility index (Phi) is 6.04. The number of amides is 1. The largest absolute Gasteiger partial charge is 0.494 e. The molecule has 0 radical (unpaired) electrons. The first-order chi connectivity index (χ1) is 12.6. The summed E-state index contributed by atoms with van der Waals surface area (Å²) in [5.74, 6) is 2.10. The van der Waals surface area contributed by atoms with E-state index < -0.39 is 0 Å². The van der Waals surface area contributed by atoms with E-state index in [1.54, 1.807) is 0 Å². The van der Waals surface area contributed by atoms with Crippen molar-refractivity contribution in [2.75, 3.05) is 13.2 Å². The topological polar surface area (TPSA) is 56.8 Å². The van der Waals surface area contributed by atoms with Crippen LogP contribution in [0, 0.1) is 0 Å². The van der Waals surface area contributed by atoms with Crippen LogP contribution in [-0.4, -0.2) is 25.2 Å². The maximum Gasteiger partial charge on any atom is 0.258 e. The van der Waals surface area contributed by atoms with Gasteiger partial charge in [-0.15, -0.1) is 0 Å². The molecule has 1 amide bonds. The monoisotopic (exact) mass is 419 g/mol. The van der Waals surface area contributed by atoms with Crippen LogP contribution in [0.2, 0.25) is 0 Å². The Morgan fingerprint density at radius 1 is 1.27 bits per heavy atom. The van der Waals surface area contributed by atoms with Gasteiger partial charge >= 0.3 is 0 Å². The molecular weight excluding hydrogens is 398 g/mol. The van der Waals surface area contributed by atoms with Gasteiger partial charge in [-0.25, -0.2) is 0 Å². The number of fused-ring (bicyclic) bond motifs is 1. The van der Waals surface area contributed by atoms with E-state index in [4.69, 9.17) is 14.2 Å². The summed E-state index contributed by atoms with van der Waals surface area (Å²) < 4.78 is 17.9. The molecule has 0 unspecified atom stereocenters. The van der Waals surface area contributed by atoms with Crippen molar-refractivity contribution in [3.63, 3.8) is 0 Å². The van der Waals surface area contributed by atoms with Crippen molar-refractivity contribution < 1.29 is 19.0 Å². The molecule has 0 spiro atoms. The average Bonchev–Trinajstić information content (AvgIpc) is 2.98. The molecule has 1 aliphatic heterocycles. The molecule has 1 aliphatic rings. The van der Waals surface area contributed by atoms with Crippen molar-refractivity contribution in [3.05, 3.63) is 52.0 Å². The molecule has 2 aromatic carbocycles. The van der Waals surface area contributed by atoms with Crippen molar-refractivity contribution in [2.24, 2.45) is 0 Å². The third-order valence-electron chi connectivity index (χ3n) is 4.05. The SMILES string of the molecule is CCOc1cc2c(cc1CNC(=O)COc1ccccc1Br)O[C@H](C)C2. The summed E-state index contributed by atoms with van der Waals surface area (Å²) in [5.41, 5.74) is 2.04. The normalized spacial score (nSPS) is 15.1. The maximum absolute atomic E-state index is 12.1. The number of benzene rings is 2. The van der Waals surface area contributed by atoms with Crippen molar-refractivity contribution in [2.45, 2.75) is 32.9 Å². The van der Waals surface area contributed by atoms with E-state index in [0.29, 0.717) is 18.9 Å². The predicted octanol–water partition coefficient (Wildman–Crippen LogP) is 3.87. The minimum absolute atomic E-state index is 0.0505. The number of carbonyl (C=O) groups is 1. The second-order valence-electron chi connectivity index (χ2n) is 6.13. The molecule has 0 bridgehead atoms. The Morgan fingerprint density at radius 2 is 2.08 bits per heavy atom. The summed E-state index contributed by atoms with van der Waals surface area (Å²) in [6, 6.07) is 11.4. The Morgan fingerprint density at radius 3 is 2.85 bits per heavy atom. The third kappa shape index (κ3) is 4.49. The summed E-state index contributed by atoms with van der Waals surface area (Å²) in [4.78, 5) is 12.1. The molecule has 0 aliphatic carbocycles. The lowest BCUT2D eigenvalue weighted by molar-refractivity contribution is -0.123. The summed E-state index contributed by atoms with van der Waals surface area (Å²) in [5, 5.41) is 2.88. The molecule has 1 atom stereocenters. The van der Waals surface area contributed by atoms with Gasteiger partial charge in [0.15, 0.2) is 6.61 Å². The van der Waals surface area contributed by atoms with Gasteiger partial charge in [-0.05, 0) is 54.0 Å². The van der Waals surface area contributed by atoms with Gasteiger partial charge in [0, 0.05) is 24.1 Å². The van der Waals surface area contributed by atoms with Crippen LogP contribution in [0.1, 0.15) is 25.0 Å². The van der Waals surface area contributed by atoms with Gasteiger partial charge in [0.25, 0.3) is 5.91 Å². The molecule has 0 saturated carbocycles. The van der Waals surface area contributed by atoms with Crippen LogP contribution in [0.5, 0.6) is 17.2 Å². The molecule has 5 nitrogen and oxygen atoms in total. The number of halogens is 1. The van der Waals surface area contributed by atoms with Crippen LogP contribution < -0.4 is 19.5 Å². The number of ether oxygens (including phenoxy) is 3. The molecule has 26 heavy (non-hydrogen) atoms. The molecule has 6 heteroatoms. The molecule has 2 aromatic rings. The van der Waals surface area contributed by atoms with E-state index >= 15 is 0 Å². The van der Waals surface area contributed by atoms with Gasteiger partial charge in [0.05, 0.1) is 11.1 Å². The first-order valence-electron chi connectivity index (χ1n) is 8.66. The zero-order chi connectivity index (χ0) is 18.5. The Hall–Kier alpha value is -2.21. The Bertz CT molecular complexity index is 793. The van der Waals surface area contributed by atoms with Gasteiger partial charge in [-0.1, -0.05) is 12.1 Å². The number of rotatable bonds is 7. The third-order valence-corrected chi connectivity index (χ3v) is 4.71. The zero-order valence-corrected chi connectivity index (χ0v) is 16.5. The summed E-state index contributed by atoms with van der Waals surface area (Å²) in [6.45, 7) is 4.87. The summed E-state index contributed by atoms with van der Waals surface area (Å²) in [6.07, 6.45) is 1.05. The molecule has 0 fully saturated rings. The highest BCUT2D eigenvalue weighted by atomic mass is 79.9. The summed E-state index contributed by atoms with van der Waals surface area (Å²) in [7, 11) is 0. The Balaban J connectivity index is 1.61. The van der Waals surface area contributed by atoms with E-state index in [2.05, 4.69) is 21.2 Å². The van der Waals surface area contributed by atoms with Crippen LogP contribution in [-0.2, 0) is 17.8 Å². The van der Waals surface area contributed by atoms with E-state index in [-0.39, 0.29) is 18.6 Å². The first kappa shape index (κ1) is 18.6. The lowest BCUT2D eigenvalue weighted by Gasteiger charge is -2.14. The molecule has 3 rings (SSSR count). The van der Waals surface area contributed by atoms with Crippen molar-refractivity contribution in [1.29, 1.82) is 0 Å². The van der Waals surface area contributed by atoms with E-state index in [1.165, 1.54) is 0 Å². The molecule has 138 valence electrons. The minimum atomic E-state index is -0.196. The highest BCUT2D eigenvalue weighted by Gasteiger charge is 2.22. The van der Waals surface area contributed by atoms with Gasteiger partial charge in [0.1, 0.15) is 23.4 Å². The summed E-state index contributed by atoms with van der Waals surface area (Å²) >= 11 is 3.40. The second kappa shape index (κ2) is 8.45. The quantitative estimate of drug-likeness (QED) is 0.739. The first-order valence-corrected chi connectivity index (χ1v) is 9.45. The Labute approximate surface area is 161 Å².